The molecule has 5 nitrogen and oxygen atoms in total. The predicted molar refractivity (Wildman–Crippen MR) is 97.3 cm³/mol. The average molecular weight is 385 g/mol. The zero-order chi connectivity index (χ0) is 20.1. The molecule has 1 aromatic heterocycles. The van der Waals surface area contributed by atoms with Crippen LogP contribution in [-0.4, -0.2) is 22.2 Å². The molecule has 1 heterocycles. The summed E-state index contributed by atoms with van der Waals surface area (Å²) in [6.45, 7) is -0.355. The molecular weight excluding hydrogens is 371 g/mol. The molecule has 3 rings (SSSR count). The highest BCUT2D eigenvalue weighted by Crippen LogP contribution is 2.29. The van der Waals surface area contributed by atoms with E-state index in [1.165, 1.54) is 18.3 Å². The molecule has 0 radical (unpaired) electrons. The Morgan fingerprint density at radius 3 is 2.71 bits per heavy atom. The Kier molecular flexibility index (Phi) is 5.45. The van der Waals surface area contributed by atoms with Crippen LogP contribution in [0, 0.1) is 11.8 Å². The summed E-state index contributed by atoms with van der Waals surface area (Å²) in [4.78, 5) is 24.3. The van der Waals surface area contributed by atoms with Gasteiger partial charge in [0.15, 0.2) is 0 Å². The summed E-state index contributed by atoms with van der Waals surface area (Å²) in [6.07, 6.45) is -2.94. The van der Waals surface area contributed by atoms with Gasteiger partial charge in [0.05, 0.1) is 23.7 Å². The number of amides is 1. The van der Waals surface area contributed by atoms with Crippen LogP contribution in [0.4, 0.5) is 13.2 Å². The molecule has 0 saturated heterocycles. The lowest BCUT2D eigenvalue weighted by atomic mass is 10.1. The van der Waals surface area contributed by atoms with Gasteiger partial charge in [-0.05, 0) is 24.3 Å². The van der Waals surface area contributed by atoms with E-state index in [1.54, 1.807) is 24.3 Å². The number of carbonyl (C=O) groups excluding carboxylic acids is 1. The Morgan fingerprint density at radius 2 is 1.93 bits per heavy atom. The van der Waals surface area contributed by atoms with Crippen molar-refractivity contribution >= 4 is 16.7 Å². The number of hydrogen-bond donors (Lipinski definition) is 1. The summed E-state index contributed by atoms with van der Waals surface area (Å²) in [5, 5.41) is 7.57. The summed E-state index contributed by atoms with van der Waals surface area (Å²) >= 11 is 0. The van der Waals surface area contributed by atoms with Crippen molar-refractivity contribution in [2.75, 3.05) is 6.54 Å². The number of carbonyl (C=O) groups is 1. The van der Waals surface area contributed by atoms with E-state index in [1.807, 2.05) is 0 Å². The van der Waals surface area contributed by atoms with E-state index in [0.717, 1.165) is 16.8 Å². The van der Waals surface area contributed by atoms with Gasteiger partial charge in [0.25, 0.3) is 5.56 Å². The monoisotopic (exact) mass is 385 g/mol. The summed E-state index contributed by atoms with van der Waals surface area (Å²) in [5.41, 5.74) is -0.982. The van der Waals surface area contributed by atoms with E-state index in [9.17, 15) is 22.8 Å². The molecule has 2 aromatic carbocycles. The molecule has 8 heteroatoms. The van der Waals surface area contributed by atoms with Crippen LogP contribution in [0.5, 0.6) is 0 Å². The number of halogens is 3. The third-order valence-electron chi connectivity index (χ3n) is 3.85. The number of alkyl halides is 3. The van der Waals surface area contributed by atoms with Crippen molar-refractivity contribution in [3.8, 4) is 11.8 Å². The van der Waals surface area contributed by atoms with Gasteiger partial charge in [-0.1, -0.05) is 36.1 Å². The van der Waals surface area contributed by atoms with Gasteiger partial charge in [-0.2, -0.15) is 18.3 Å². The smallest absolute Gasteiger partial charge is 0.344 e. The van der Waals surface area contributed by atoms with E-state index >= 15 is 0 Å². The van der Waals surface area contributed by atoms with E-state index in [-0.39, 0.29) is 24.2 Å². The molecule has 0 aliphatic carbocycles. The molecule has 0 spiro atoms. The summed E-state index contributed by atoms with van der Waals surface area (Å²) in [5.74, 6) is 4.66. The summed E-state index contributed by atoms with van der Waals surface area (Å²) in [6, 6.07) is 11.5. The number of nitrogens with one attached hydrogen (secondary N) is 1. The predicted octanol–water partition coefficient (Wildman–Crippen LogP) is 2.58. The zero-order valence-electron chi connectivity index (χ0n) is 14.5. The minimum atomic E-state index is -4.44. The molecule has 0 unspecified atom stereocenters. The maximum absolute atomic E-state index is 12.7. The number of aromatic nitrogens is 2. The zero-order valence-corrected chi connectivity index (χ0v) is 14.5. The Labute approximate surface area is 157 Å². The van der Waals surface area contributed by atoms with E-state index in [0.29, 0.717) is 10.8 Å². The maximum atomic E-state index is 12.7. The van der Waals surface area contributed by atoms with Gasteiger partial charge >= 0.3 is 6.18 Å². The fourth-order valence-electron chi connectivity index (χ4n) is 2.49. The number of rotatable bonds is 3. The first kappa shape index (κ1) is 19.2. The second-order valence-corrected chi connectivity index (χ2v) is 5.85. The van der Waals surface area contributed by atoms with Crippen LogP contribution in [0.1, 0.15) is 11.1 Å². The molecule has 1 amide bonds. The van der Waals surface area contributed by atoms with Gasteiger partial charge in [-0.25, -0.2) is 4.68 Å². The number of fused-ring (bicyclic) bond motifs is 1. The Hall–Kier alpha value is -3.60. The van der Waals surface area contributed by atoms with Crippen LogP contribution in [0.15, 0.2) is 59.5 Å². The largest absolute Gasteiger partial charge is 0.416 e. The molecule has 0 atom stereocenters. The van der Waals surface area contributed by atoms with Gasteiger partial charge in [0.2, 0.25) is 5.91 Å². The average Bonchev–Trinajstić information content (AvgIpc) is 2.67. The highest BCUT2D eigenvalue weighted by Gasteiger charge is 2.30. The molecule has 28 heavy (non-hydrogen) atoms. The Bertz CT molecular complexity index is 1140. The van der Waals surface area contributed by atoms with Crippen LogP contribution in [0.3, 0.4) is 0 Å². The van der Waals surface area contributed by atoms with E-state index in [2.05, 4.69) is 22.3 Å². The SMILES string of the molecule is O=C(Cn1ncc2ccccc2c1=O)NCC#Cc1cccc(C(F)(F)F)c1. The number of nitrogens with zero attached hydrogens (tertiary/aromatic N) is 2. The van der Waals surface area contributed by atoms with E-state index in [4.69, 9.17) is 0 Å². The van der Waals surface area contributed by atoms with Crippen LogP contribution in [0.2, 0.25) is 0 Å². The lowest BCUT2D eigenvalue weighted by molar-refractivity contribution is -0.137. The molecule has 3 aromatic rings. The van der Waals surface area contributed by atoms with Crippen molar-refractivity contribution in [2.24, 2.45) is 0 Å². The molecule has 142 valence electrons. The third kappa shape index (κ3) is 4.57. The fraction of sp³-hybridized carbons (Fsp3) is 0.150. The van der Waals surface area contributed by atoms with Crippen LogP contribution < -0.4 is 10.9 Å². The second-order valence-electron chi connectivity index (χ2n) is 5.85. The normalized spacial score (nSPS) is 11.0. The minimum absolute atomic E-state index is 0.0720. The lowest BCUT2D eigenvalue weighted by Gasteiger charge is -2.06. The van der Waals surface area contributed by atoms with Crippen LogP contribution >= 0.6 is 0 Å². The van der Waals surface area contributed by atoms with Crippen molar-refractivity contribution in [1.29, 1.82) is 0 Å². The highest BCUT2D eigenvalue weighted by molar-refractivity contribution is 5.81. The molecular formula is C20H14F3N3O2. The topological polar surface area (TPSA) is 64.0 Å². The molecule has 0 bridgehead atoms. The number of benzene rings is 2. The fourth-order valence-corrected chi connectivity index (χ4v) is 2.49. The van der Waals surface area contributed by atoms with Gasteiger partial charge in [0, 0.05) is 10.9 Å². The maximum Gasteiger partial charge on any atom is 0.416 e. The van der Waals surface area contributed by atoms with Crippen molar-refractivity contribution in [1.82, 2.24) is 15.1 Å². The first-order valence-electron chi connectivity index (χ1n) is 8.22. The third-order valence-corrected chi connectivity index (χ3v) is 3.85. The minimum Gasteiger partial charge on any atom is -0.344 e. The van der Waals surface area contributed by atoms with Gasteiger partial charge < -0.3 is 5.32 Å². The quantitative estimate of drug-likeness (QED) is 0.705. The first-order valence-corrected chi connectivity index (χ1v) is 8.22. The molecule has 0 aliphatic rings. The molecule has 0 aliphatic heterocycles. The highest BCUT2D eigenvalue weighted by atomic mass is 19.4. The Morgan fingerprint density at radius 1 is 1.14 bits per heavy atom. The van der Waals surface area contributed by atoms with Crippen LogP contribution in [-0.2, 0) is 17.5 Å². The molecule has 0 fully saturated rings. The molecule has 0 saturated carbocycles. The van der Waals surface area contributed by atoms with Gasteiger partial charge in [-0.3, -0.25) is 9.59 Å². The summed E-state index contributed by atoms with van der Waals surface area (Å²) in [7, 11) is 0. The molecule has 1 N–H and O–H groups in total. The Balaban J connectivity index is 1.61. The van der Waals surface area contributed by atoms with Crippen molar-refractivity contribution in [3.05, 3.63) is 76.2 Å². The number of hydrogen-bond acceptors (Lipinski definition) is 3. The summed E-state index contributed by atoms with van der Waals surface area (Å²) < 4.78 is 39.0. The van der Waals surface area contributed by atoms with Crippen LogP contribution in [0.25, 0.3) is 10.8 Å². The van der Waals surface area contributed by atoms with Crippen molar-refractivity contribution < 1.29 is 18.0 Å². The second kappa shape index (κ2) is 7.96. The van der Waals surface area contributed by atoms with Crippen molar-refractivity contribution in [2.45, 2.75) is 12.7 Å². The van der Waals surface area contributed by atoms with Gasteiger partial charge in [0.1, 0.15) is 6.54 Å². The lowest BCUT2D eigenvalue weighted by Crippen LogP contribution is -2.33. The van der Waals surface area contributed by atoms with Crippen molar-refractivity contribution in [3.63, 3.8) is 0 Å². The standard InChI is InChI=1S/C20H14F3N3O2/c21-20(22,23)16-8-3-5-14(11-16)6-4-10-24-18(27)13-26-19(28)17-9-2-1-7-15(17)12-25-26/h1-3,5,7-9,11-12H,10,13H2,(H,24,27). The first-order chi connectivity index (χ1) is 13.3. The van der Waals surface area contributed by atoms with E-state index < -0.39 is 17.6 Å². The van der Waals surface area contributed by atoms with Gasteiger partial charge in [-0.15, -0.1) is 0 Å².